The molecule has 0 radical (unpaired) electrons. The summed E-state index contributed by atoms with van der Waals surface area (Å²) in [6.07, 6.45) is 7.63. The van der Waals surface area contributed by atoms with Gasteiger partial charge in [-0.1, -0.05) is 33.1 Å². The van der Waals surface area contributed by atoms with Crippen molar-refractivity contribution in [2.75, 3.05) is 18.0 Å². The smallest absolute Gasteiger partial charge is 0.224 e. The minimum Gasteiger partial charge on any atom is -0.382 e. The van der Waals surface area contributed by atoms with Gasteiger partial charge in [0.15, 0.2) is 11.5 Å². The summed E-state index contributed by atoms with van der Waals surface area (Å²) in [7, 11) is 0. The monoisotopic (exact) mass is 305 g/mol. The summed E-state index contributed by atoms with van der Waals surface area (Å²) in [6, 6.07) is 0. The minimum atomic E-state index is -0.259. The van der Waals surface area contributed by atoms with E-state index in [4.69, 9.17) is 11.5 Å². The molecule has 1 atom stereocenters. The molecule has 122 valence electrons. The Bertz CT molecular complexity index is 622. The Morgan fingerprint density at radius 1 is 1.18 bits per heavy atom. The van der Waals surface area contributed by atoms with Gasteiger partial charge in [0.1, 0.15) is 5.52 Å². The summed E-state index contributed by atoms with van der Waals surface area (Å²) in [5.41, 5.74) is 12.7. The quantitative estimate of drug-likeness (QED) is 0.646. The number of nitrogens with one attached hydrogen (secondary N) is 1. The van der Waals surface area contributed by atoms with Gasteiger partial charge in [0, 0.05) is 0 Å². The first-order chi connectivity index (χ1) is 10.5. The van der Waals surface area contributed by atoms with E-state index in [0.717, 1.165) is 19.4 Å². The Morgan fingerprint density at radius 2 is 1.95 bits per heavy atom. The lowest BCUT2D eigenvalue weighted by molar-refractivity contribution is 0.225. The molecule has 0 saturated carbocycles. The second-order valence-corrected chi connectivity index (χ2v) is 5.87. The standard InChI is InChI=1S/C15H27N7/c1-4-6-7-8-9-15(3,19-5-2)22-10-18-11-12(16)20-14(17)21-13(11)22/h10,19H,4-9H2,1-3H3,(H4,16,17,20,21). The second-order valence-electron chi connectivity index (χ2n) is 5.87. The molecule has 5 N–H and O–H groups in total. The molecule has 2 rings (SSSR count). The lowest BCUT2D eigenvalue weighted by Crippen LogP contribution is -2.44. The van der Waals surface area contributed by atoms with E-state index in [1.807, 2.05) is 4.57 Å². The van der Waals surface area contributed by atoms with Crippen molar-refractivity contribution in [2.24, 2.45) is 0 Å². The predicted molar refractivity (Wildman–Crippen MR) is 90.2 cm³/mol. The van der Waals surface area contributed by atoms with Crippen molar-refractivity contribution in [3.63, 3.8) is 0 Å². The van der Waals surface area contributed by atoms with Gasteiger partial charge in [0.05, 0.1) is 12.0 Å². The van der Waals surface area contributed by atoms with Crippen LogP contribution < -0.4 is 16.8 Å². The molecule has 0 fully saturated rings. The number of unbranched alkanes of at least 4 members (excludes halogenated alkanes) is 3. The third-order valence-electron chi connectivity index (χ3n) is 4.05. The van der Waals surface area contributed by atoms with Gasteiger partial charge in [0.2, 0.25) is 5.95 Å². The van der Waals surface area contributed by atoms with E-state index in [2.05, 4.69) is 41.0 Å². The number of nitrogen functional groups attached to an aromatic ring is 2. The van der Waals surface area contributed by atoms with Crippen molar-refractivity contribution >= 4 is 22.9 Å². The van der Waals surface area contributed by atoms with Gasteiger partial charge in [-0.3, -0.25) is 9.88 Å². The number of nitrogens with two attached hydrogens (primary N) is 2. The highest BCUT2D eigenvalue weighted by Gasteiger charge is 2.27. The Kier molecular flexibility index (Phi) is 5.18. The molecule has 2 heterocycles. The summed E-state index contributed by atoms with van der Waals surface area (Å²) in [5, 5.41) is 3.55. The van der Waals surface area contributed by atoms with Gasteiger partial charge < -0.3 is 11.5 Å². The lowest BCUT2D eigenvalue weighted by atomic mass is 10.0. The van der Waals surface area contributed by atoms with Crippen LogP contribution in [-0.2, 0) is 5.66 Å². The Hall–Kier alpha value is -1.89. The molecule has 0 aliphatic rings. The third-order valence-corrected chi connectivity index (χ3v) is 4.05. The molecule has 2 aromatic rings. The predicted octanol–water partition coefficient (Wildman–Crippen LogP) is 2.24. The first kappa shape index (κ1) is 16.5. The summed E-state index contributed by atoms with van der Waals surface area (Å²) in [6.45, 7) is 7.34. The van der Waals surface area contributed by atoms with E-state index >= 15 is 0 Å². The zero-order valence-electron chi connectivity index (χ0n) is 13.8. The Balaban J connectivity index is 2.35. The zero-order valence-corrected chi connectivity index (χ0v) is 13.8. The van der Waals surface area contributed by atoms with Crippen LogP contribution >= 0.6 is 0 Å². The average Bonchev–Trinajstić information content (AvgIpc) is 2.88. The summed E-state index contributed by atoms with van der Waals surface area (Å²) >= 11 is 0. The number of anilines is 2. The molecule has 0 aliphatic carbocycles. The van der Waals surface area contributed by atoms with Gasteiger partial charge in [-0.25, -0.2) is 4.98 Å². The van der Waals surface area contributed by atoms with Crippen molar-refractivity contribution in [2.45, 2.75) is 58.5 Å². The SMILES string of the molecule is CCCCCCC(C)(NCC)n1cnc2c(N)nc(N)nc21. The van der Waals surface area contributed by atoms with Gasteiger partial charge in [-0.2, -0.15) is 9.97 Å². The van der Waals surface area contributed by atoms with Crippen LogP contribution in [-0.4, -0.2) is 26.1 Å². The molecule has 0 aromatic carbocycles. The minimum absolute atomic E-state index is 0.177. The molecular formula is C15H27N7. The van der Waals surface area contributed by atoms with Gasteiger partial charge in [-0.15, -0.1) is 0 Å². The number of aromatic nitrogens is 4. The number of fused-ring (bicyclic) bond motifs is 1. The average molecular weight is 305 g/mol. The maximum Gasteiger partial charge on any atom is 0.224 e. The van der Waals surface area contributed by atoms with Gasteiger partial charge in [-0.05, 0) is 26.3 Å². The van der Waals surface area contributed by atoms with Crippen molar-refractivity contribution in [3.8, 4) is 0 Å². The van der Waals surface area contributed by atoms with Crippen molar-refractivity contribution in [3.05, 3.63) is 6.33 Å². The van der Waals surface area contributed by atoms with Crippen molar-refractivity contribution in [1.82, 2.24) is 24.8 Å². The molecule has 2 aromatic heterocycles. The van der Waals surface area contributed by atoms with E-state index in [-0.39, 0.29) is 11.6 Å². The van der Waals surface area contributed by atoms with Crippen molar-refractivity contribution in [1.29, 1.82) is 0 Å². The van der Waals surface area contributed by atoms with E-state index in [9.17, 15) is 0 Å². The van der Waals surface area contributed by atoms with Crippen LogP contribution in [0, 0.1) is 0 Å². The summed E-state index contributed by atoms with van der Waals surface area (Å²) in [4.78, 5) is 12.7. The fraction of sp³-hybridized carbons (Fsp3) is 0.667. The molecule has 0 aliphatic heterocycles. The number of imidazole rings is 1. The normalized spacial score (nSPS) is 14.3. The number of hydrogen-bond donors (Lipinski definition) is 3. The molecule has 7 nitrogen and oxygen atoms in total. The summed E-state index contributed by atoms with van der Waals surface area (Å²) < 4.78 is 2.03. The molecular weight excluding hydrogens is 278 g/mol. The van der Waals surface area contributed by atoms with Crippen LogP contribution in [0.3, 0.4) is 0 Å². The third kappa shape index (κ3) is 3.30. The highest BCUT2D eigenvalue weighted by atomic mass is 15.3. The van der Waals surface area contributed by atoms with Crippen molar-refractivity contribution < 1.29 is 0 Å². The first-order valence-corrected chi connectivity index (χ1v) is 8.03. The van der Waals surface area contributed by atoms with E-state index in [0.29, 0.717) is 17.0 Å². The van der Waals surface area contributed by atoms with Crippen LogP contribution in [0.1, 0.15) is 52.9 Å². The van der Waals surface area contributed by atoms with Crippen LogP contribution in [0.5, 0.6) is 0 Å². The van der Waals surface area contributed by atoms with Crippen LogP contribution in [0.25, 0.3) is 11.2 Å². The topological polar surface area (TPSA) is 108 Å². The number of rotatable bonds is 8. The maximum absolute atomic E-state index is 5.90. The van der Waals surface area contributed by atoms with E-state index in [1.165, 1.54) is 19.3 Å². The molecule has 1 unspecified atom stereocenters. The first-order valence-electron chi connectivity index (χ1n) is 8.03. The number of nitrogens with zero attached hydrogens (tertiary/aromatic N) is 4. The van der Waals surface area contributed by atoms with E-state index < -0.39 is 0 Å². The molecule has 0 saturated heterocycles. The molecule has 0 bridgehead atoms. The highest BCUT2D eigenvalue weighted by Crippen LogP contribution is 2.27. The molecule has 22 heavy (non-hydrogen) atoms. The number of hydrogen-bond acceptors (Lipinski definition) is 6. The zero-order chi connectivity index (χ0) is 16.2. The highest BCUT2D eigenvalue weighted by molar-refractivity contribution is 5.82. The van der Waals surface area contributed by atoms with Gasteiger partial charge in [0.25, 0.3) is 0 Å². The second kappa shape index (κ2) is 6.91. The largest absolute Gasteiger partial charge is 0.382 e. The summed E-state index contributed by atoms with van der Waals surface area (Å²) in [5.74, 6) is 0.502. The molecule has 0 spiro atoms. The van der Waals surface area contributed by atoms with Crippen LogP contribution in [0.2, 0.25) is 0 Å². The fourth-order valence-corrected chi connectivity index (χ4v) is 2.87. The molecule has 0 amide bonds. The van der Waals surface area contributed by atoms with E-state index in [1.54, 1.807) is 6.33 Å². The molecule has 7 heteroatoms. The van der Waals surface area contributed by atoms with Crippen LogP contribution in [0.4, 0.5) is 11.8 Å². The Morgan fingerprint density at radius 3 is 2.64 bits per heavy atom. The lowest BCUT2D eigenvalue weighted by Gasteiger charge is -2.32. The Labute approximate surface area is 131 Å². The van der Waals surface area contributed by atoms with Crippen LogP contribution in [0.15, 0.2) is 6.33 Å². The maximum atomic E-state index is 5.90. The fourth-order valence-electron chi connectivity index (χ4n) is 2.87. The van der Waals surface area contributed by atoms with Gasteiger partial charge >= 0.3 is 0 Å².